The number of nitrogens with one attached hydrogen (secondary N) is 3. The van der Waals surface area contributed by atoms with Crippen molar-refractivity contribution in [3.05, 3.63) is 11.3 Å². The molecule has 21 heavy (non-hydrogen) atoms. The number of hydrogen-bond donors (Lipinski definition) is 3. The molecule has 0 aromatic carbocycles. The Kier molecular flexibility index (Phi) is 4.25. The van der Waals surface area contributed by atoms with E-state index in [4.69, 9.17) is 0 Å². The van der Waals surface area contributed by atoms with Gasteiger partial charge in [0, 0.05) is 31.6 Å². The minimum absolute atomic E-state index is 0.171. The van der Waals surface area contributed by atoms with Gasteiger partial charge in [-0.15, -0.1) is 0 Å². The van der Waals surface area contributed by atoms with E-state index in [1.807, 2.05) is 0 Å². The molecule has 0 aliphatic carbocycles. The Morgan fingerprint density at radius 3 is 2.48 bits per heavy atom. The molecule has 3 N–H and O–H groups in total. The summed E-state index contributed by atoms with van der Waals surface area (Å²) in [5, 5.41) is 7.80. The lowest BCUT2D eigenvalue weighted by Crippen LogP contribution is -2.50. The maximum atomic E-state index is 12.1. The van der Waals surface area contributed by atoms with E-state index in [2.05, 4.69) is 16.0 Å². The van der Waals surface area contributed by atoms with Gasteiger partial charge in [-0.1, -0.05) is 0 Å². The van der Waals surface area contributed by atoms with Crippen molar-refractivity contribution in [3.63, 3.8) is 0 Å². The Labute approximate surface area is 121 Å². The molecule has 8 heteroatoms. The van der Waals surface area contributed by atoms with Crippen LogP contribution >= 0.6 is 0 Å². The molecule has 0 aromatic rings. The Bertz CT molecular complexity index is 524. The second-order valence-corrected chi connectivity index (χ2v) is 5.05. The van der Waals surface area contributed by atoms with Gasteiger partial charge in [-0.05, 0) is 13.8 Å². The predicted molar refractivity (Wildman–Crippen MR) is 72.8 cm³/mol. The highest BCUT2D eigenvalue weighted by molar-refractivity contribution is 6.02. The lowest BCUT2D eigenvalue weighted by atomic mass is 10.0. The fraction of sp³-hybridized carbons (Fsp3) is 0.538. The number of urea groups is 1. The highest BCUT2D eigenvalue weighted by Gasteiger charge is 2.29. The second kappa shape index (κ2) is 5.94. The third-order valence-corrected chi connectivity index (χ3v) is 3.51. The minimum atomic E-state index is -0.395. The lowest BCUT2D eigenvalue weighted by molar-refractivity contribution is -0.138. The number of nitrogens with zero attached hydrogens (tertiary/aromatic N) is 1. The van der Waals surface area contributed by atoms with Crippen molar-refractivity contribution in [2.45, 2.75) is 32.7 Å². The van der Waals surface area contributed by atoms with Crippen molar-refractivity contribution < 1.29 is 19.2 Å². The van der Waals surface area contributed by atoms with Crippen molar-refractivity contribution in [1.29, 1.82) is 0 Å². The van der Waals surface area contributed by atoms with E-state index in [0.717, 1.165) is 4.90 Å². The van der Waals surface area contributed by atoms with E-state index < -0.39 is 6.04 Å². The zero-order chi connectivity index (χ0) is 15.6. The van der Waals surface area contributed by atoms with Gasteiger partial charge in [0.15, 0.2) is 0 Å². The van der Waals surface area contributed by atoms with Gasteiger partial charge in [0.25, 0.3) is 5.91 Å². The first-order chi connectivity index (χ1) is 9.90. The monoisotopic (exact) mass is 294 g/mol. The zero-order valence-electron chi connectivity index (χ0n) is 12.0. The first-order valence-corrected chi connectivity index (χ1v) is 6.80. The van der Waals surface area contributed by atoms with Crippen LogP contribution in [-0.4, -0.2) is 47.8 Å². The van der Waals surface area contributed by atoms with Crippen molar-refractivity contribution in [2.24, 2.45) is 0 Å². The number of allylic oxidation sites excluding steroid dienone is 1. The van der Waals surface area contributed by atoms with Crippen LogP contribution in [0.5, 0.6) is 0 Å². The average Bonchev–Trinajstić information content (AvgIpc) is 2.69. The molecule has 2 aliphatic rings. The van der Waals surface area contributed by atoms with E-state index in [1.54, 1.807) is 13.8 Å². The number of carbonyl (C=O) groups excluding carboxylic acids is 4. The highest BCUT2D eigenvalue weighted by atomic mass is 16.2. The van der Waals surface area contributed by atoms with E-state index in [9.17, 15) is 19.2 Å². The molecule has 114 valence electrons. The predicted octanol–water partition coefficient (Wildman–Crippen LogP) is -0.773. The molecule has 1 saturated heterocycles. The summed E-state index contributed by atoms with van der Waals surface area (Å²) in [7, 11) is 0. The molecule has 0 bridgehead atoms. The van der Waals surface area contributed by atoms with E-state index in [-0.39, 0.29) is 49.7 Å². The van der Waals surface area contributed by atoms with Crippen molar-refractivity contribution in [1.82, 2.24) is 20.9 Å². The summed E-state index contributed by atoms with van der Waals surface area (Å²) in [5.41, 5.74) is 0.936. The summed E-state index contributed by atoms with van der Waals surface area (Å²) < 4.78 is 0. The number of amides is 5. The SMILES string of the molecule is CC1=C(C(=O)NCCN2C(=O)CCC2=O)C(C)NC(=O)N1. The first-order valence-electron chi connectivity index (χ1n) is 6.80. The van der Waals surface area contributed by atoms with Gasteiger partial charge in [0.1, 0.15) is 0 Å². The summed E-state index contributed by atoms with van der Waals surface area (Å²) in [4.78, 5) is 47.4. The maximum Gasteiger partial charge on any atom is 0.319 e. The lowest BCUT2D eigenvalue weighted by Gasteiger charge is -2.25. The van der Waals surface area contributed by atoms with E-state index in [1.165, 1.54) is 0 Å². The number of carbonyl (C=O) groups is 4. The standard InChI is InChI=1S/C13H18N4O4/c1-7-11(8(2)16-13(21)15-7)12(20)14-5-6-17-9(18)3-4-10(17)19/h7H,3-6H2,1-2H3,(H,14,20)(H2,15,16,21). The maximum absolute atomic E-state index is 12.1. The zero-order valence-corrected chi connectivity index (χ0v) is 12.0. The molecule has 2 aliphatic heterocycles. The molecule has 8 nitrogen and oxygen atoms in total. The summed E-state index contributed by atoms with van der Waals surface area (Å²) in [6.45, 7) is 3.72. The Balaban J connectivity index is 1.90. The largest absolute Gasteiger partial charge is 0.350 e. The molecule has 0 saturated carbocycles. The van der Waals surface area contributed by atoms with Gasteiger partial charge in [0.2, 0.25) is 11.8 Å². The third-order valence-electron chi connectivity index (χ3n) is 3.51. The van der Waals surface area contributed by atoms with Crippen LogP contribution in [0.3, 0.4) is 0 Å². The van der Waals surface area contributed by atoms with Crippen LogP contribution in [0, 0.1) is 0 Å². The molecule has 1 atom stereocenters. The molecule has 0 aromatic heterocycles. The molecule has 1 unspecified atom stereocenters. The Morgan fingerprint density at radius 1 is 1.29 bits per heavy atom. The van der Waals surface area contributed by atoms with Crippen LogP contribution in [0.25, 0.3) is 0 Å². The molecule has 1 fully saturated rings. The number of hydrogen-bond acceptors (Lipinski definition) is 4. The fourth-order valence-electron chi connectivity index (χ4n) is 2.48. The van der Waals surface area contributed by atoms with Crippen LogP contribution in [0.4, 0.5) is 4.79 Å². The second-order valence-electron chi connectivity index (χ2n) is 5.05. The molecule has 0 radical (unpaired) electrons. The van der Waals surface area contributed by atoms with E-state index >= 15 is 0 Å². The Hall–Kier alpha value is -2.38. The molecule has 5 amide bonds. The van der Waals surface area contributed by atoms with Gasteiger partial charge in [-0.3, -0.25) is 19.3 Å². The van der Waals surface area contributed by atoms with E-state index in [0.29, 0.717) is 11.3 Å². The topological polar surface area (TPSA) is 108 Å². The summed E-state index contributed by atoms with van der Waals surface area (Å²) >= 11 is 0. The van der Waals surface area contributed by atoms with Gasteiger partial charge in [-0.25, -0.2) is 4.79 Å². The molecular weight excluding hydrogens is 276 g/mol. The average molecular weight is 294 g/mol. The molecule has 2 heterocycles. The summed E-state index contributed by atoms with van der Waals surface area (Å²) in [6, 6.07) is -0.737. The Morgan fingerprint density at radius 2 is 1.90 bits per heavy atom. The van der Waals surface area contributed by atoms with Crippen LogP contribution < -0.4 is 16.0 Å². The number of likely N-dealkylation sites (tertiary alicyclic amines) is 1. The first kappa shape index (κ1) is 15.0. The number of imide groups is 1. The van der Waals surface area contributed by atoms with Gasteiger partial charge in [-0.2, -0.15) is 0 Å². The smallest absolute Gasteiger partial charge is 0.319 e. The van der Waals surface area contributed by atoms with Crippen LogP contribution in [-0.2, 0) is 14.4 Å². The third kappa shape index (κ3) is 3.21. The van der Waals surface area contributed by atoms with Crippen molar-refractivity contribution >= 4 is 23.8 Å². The van der Waals surface area contributed by atoms with Crippen LogP contribution in [0.15, 0.2) is 11.3 Å². The molecule has 0 spiro atoms. The fourth-order valence-corrected chi connectivity index (χ4v) is 2.48. The van der Waals surface area contributed by atoms with Gasteiger partial charge >= 0.3 is 6.03 Å². The van der Waals surface area contributed by atoms with Gasteiger partial charge < -0.3 is 16.0 Å². The van der Waals surface area contributed by atoms with Crippen LogP contribution in [0.1, 0.15) is 26.7 Å². The highest BCUT2D eigenvalue weighted by Crippen LogP contribution is 2.12. The quantitative estimate of drug-likeness (QED) is 0.591. The normalized spacial score (nSPS) is 22.3. The number of rotatable bonds is 4. The molecule has 2 rings (SSSR count). The van der Waals surface area contributed by atoms with Crippen LogP contribution in [0.2, 0.25) is 0 Å². The summed E-state index contributed by atoms with van der Waals surface area (Å²) in [6.07, 6.45) is 0.480. The minimum Gasteiger partial charge on any atom is -0.350 e. The molecular formula is C13H18N4O4. The van der Waals surface area contributed by atoms with Crippen molar-refractivity contribution in [2.75, 3.05) is 13.1 Å². The van der Waals surface area contributed by atoms with Crippen molar-refractivity contribution in [3.8, 4) is 0 Å². The summed E-state index contributed by atoms with van der Waals surface area (Å²) in [5.74, 6) is -0.735. The van der Waals surface area contributed by atoms with Gasteiger partial charge in [0.05, 0.1) is 11.6 Å².